The molecular formula is C14H14N4O3S2. The molecule has 0 amide bonds. The Balaban J connectivity index is 1.99. The summed E-state index contributed by atoms with van der Waals surface area (Å²) in [7, 11) is -3.77. The average molecular weight is 350 g/mol. The first-order chi connectivity index (χ1) is 11.1. The van der Waals surface area contributed by atoms with E-state index in [1.54, 1.807) is 41.9 Å². The van der Waals surface area contributed by atoms with Crippen LogP contribution < -0.4 is 4.31 Å². The number of sulfonamides is 1. The first kappa shape index (κ1) is 15.6. The van der Waals surface area contributed by atoms with Crippen molar-refractivity contribution < 1.29 is 12.9 Å². The molecule has 0 N–H and O–H groups in total. The van der Waals surface area contributed by atoms with Crippen molar-refractivity contribution in [2.45, 2.75) is 24.8 Å². The molecule has 1 aromatic carbocycles. The van der Waals surface area contributed by atoms with Gasteiger partial charge in [-0.05, 0) is 12.1 Å². The molecule has 120 valence electrons. The van der Waals surface area contributed by atoms with E-state index in [4.69, 9.17) is 4.52 Å². The fraction of sp³-hybridized carbons (Fsp3) is 0.214. The lowest BCUT2D eigenvalue weighted by molar-refractivity contribution is 0.375. The second-order valence-corrected chi connectivity index (χ2v) is 7.33. The van der Waals surface area contributed by atoms with Crippen LogP contribution in [-0.4, -0.2) is 23.5 Å². The zero-order chi connectivity index (χ0) is 16.3. The standard InChI is InChI=1S/C14H14N4O3S2/c1-2-12-16-13(21-17-12)10-18(14-15-8-9-22-14)23(19,20)11-6-4-3-5-7-11/h3-9H,2,10H2,1H3. The second kappa shape index (κ2) is 6.47. The van der Waals surface area contributed by atoms with Crippen LogP contribution in [0.2, 0.25) is 0 Å². The van der Waals surface area contributed by atoms with Gasteiger partial charge in [0.2, 0.25) is 5.89 Å². The van der Waals surface area contributed by atoms with Gasteiger partial charge in [0.1, 0.15) is 6.54 Å². The van der Waals surface area contributed by atoms with Gasteiger partial charge in [-0.3, -0.25) is 0 Å². The first-order valence-electron chi connectivity index (χ1n) is 6.90. The van der Waals surface area contributed by atoms with Gasteiger partial charge in [-0.15, -0.1) is 11.3 Å². The summed E-state index contributed by atoms with van der Waals surface area (Å²) in [6.45, 7) is 1.84. The summed E-state index contributed by atoms with van der Waals surface area (Å²) in [4.78, 5) is 8.47. The summed E-state index contributed by atoms with van der Waals surface area (Å²) in [6.07, 6.45) is 2.17. The van der Waals surface area contributed by atoms with Gasteiger partial charge >= 0.3 is 0 Å². The molecule has 2 heterocycles. The maximum Gasteiger partial charge on any atom is 0.266 e. The molecule has 0 unspecified atom stereocenters. The van der Waals surface area contributed by atoms with E-state index in [1.165, 1.54) is 15.6 Å². The van der Waals surface area contributed by atoms with Crippen LogP contribution >= 0.6 is 11.3 Å². The van der Waals surface area contributed by atoms with Crippen LogP contribution in [0.1, 0.15) is 18.6 Å². The summed E-state index contributed by atoms with van der Waals surface area (Å²) in [5.41, 5.74) is 0. The van der Waals surface area contributed by atoms with E-state index in [-0.39, 0.29) is 17.3 Å². The van der Waals surface area contributed by atoms with E-state index in [2.05, 4.69) is 15.1 Å². The quantitative estimate of drug-likeness (QED) is 0.678. The fourth-order valence-corrected chi connectivity index (χ4v) is 4.19. The summed E-state index contributed by atoms with van der Waals surface area (Å²) in [6, 6.07) is 8.20. The van der Waals surface area contributed by atoms with E-state index in [0.717, 1.165) is 0 Å². The molecule has 0 aliphatic rings. The molecule has 0 atom stereocenters. The normalized spacial score (nSPS) is 11.5. The van der Waals surface area contributed by atoms with Crippen molar-refractivity contribution in [1.82, 2.24) is 15.1 Å². The van der Waals surface area contributed by atoms with Crippen LogP contribution in [0.25, 0.3) is 0 Å². The Hall–Kier alpha value is -2.26. The molecule has 0 saturated carbocycles. The third-order valence-electron chi connectivity index (χ3n) is 3.07. The van der Waals surface area contributed by atoms with Crippen molar-refractivity contribution in [1.29, 1.82) is 0 Å². The molecular weight excluding hydrogens is 336 g/mol. The van der Waals surface area contributed by atoms with Crippen LogP contribution in [0.3, 0.4) is 0 Å². The molecule has 0 spiro atoms. The van der Waals surface area contributed by atoms with Crippen molar-refractivity contribution in [3.05, 3.63) is 53.6 Å². The first-order valence-corrected chi connectivity index (χ1v) is 9.22. The van der Waals surface area contributed by atoms with E-state index >= 15 is 0 Å². The van der Waals surface area contributed by atoms with Gasteiger partial charge in [-0.2, -0.15) is 4.98 Å². The molecule has 7 nitrogen and oxygen atoms in total. The number of aryl methyl sites for hydroxylation is 1. The van der Waals surface area contributed by atoms with Crippen molar-refractivity contribution in [2.24, 2.45) is 0 Å². The Kier molecular flexibility index (Phi) is 4.39. The topological polar surface area (TPSA) is 89.2 Å². The van der Waals surface area contributed by atoms with Gasteiger partial charge in [-0.25, -0.2) is 17.7 Å². The largest absolute Gasteiger partial charge is 0.337 e. The van der Waals surface area contributed by atoms with Gasteiger partial charge in [-0.1, -0.05) is 30.3 Å². The molecule has 0 aliphatic carbocycles. The van der Waals surface area contributed by atoms with Gasteiger partial charge in [0.05, 0.1) is 4.90 Å². The number of anilines is 1. The van der Waals surface area contributed by atoms with Gasteiger partial charge in [0.25, 0.3) is 10.0 Å². The van der Waals surface area contributed by atoms with Crippen molar-refractivity contribution >= 4 is 26.5 Å². The minimum absolute atomic E-state index is 0.0578. The van der Waals surface area contributed by atoms with E-state index in [1.807, 2.05) is 6.92 Å². The molecule has 0 bridgehead atoms. The Morgan fingerprint density at radius 2 is 2.04 bits per heavy atom. The Bertz CT molecular complexity index is 861. The number of rotatable bonds is 6. The van der Waals surface area contributed by atoms with Crippen LogP contribution in [0, 0.1) is 0 Å². The number of hydrogen-bond acceptors (Lipinski definition) is 7. The zero-order valence-electron chi connectivity index (χ0n) is 12.3. The molecule has 9 heteroatoms. The highest BCUT2D eigenvalue weighted by Crippen LogP contribution is 2.27. The number of hydrogen-bond donors (Lipinski definition) is 0. The summed E-state index contributed by atoms with van der Waals surface area (Å²) in [5, 5.41) is 5.87. The van der Waals surface area contributed by atoms with Crippen molar-refractivity contribution in [3.8, 4) is 0 Å². The smallest absolute Gasteiger partial charge is 0.266 e. The van der Waals surface area contributed by atoms with Crippen molar-refractivity contribution in [2.75, 3.05) is 4.31 Å². The fourth-order valence-electron chi connectivity index (χ4n) is 1.94. The number of thiazole rings is 1. The van der Waals surface area contributed by atoms with Crippen LogP contribution in [0.5, 0.6) is 0 Å². The third kappa shape index (κ3) is 3.25. The van der Waals surface area contributed by atoms with E-state index in [0.29, 0.717) is 17.4 Å². The number of aromatic nitrogens is 3. The van der Waals surface area contributed by atoms with Crippen LogP contribution in [-0.2, 0) is 23.0 Å². The monoisotopic (exact) mass is 350 g/mol. The summed E-state index contributed by atoms with van der Waals surface area (Å²) in [5.74, 6) is 0.771. The molecule has 0 radical (unpaired) electrons. The van der Waals surface area contributed by atoms with Gasteiger partial charge in [0.15, 0.2) is 11.0 Å². The highest BCUT2D eigenvalue weighted by atomic mass is 32.2. The predicted molar refractivity (Wildman–Crippen MR) is 85.6 cm³/mol. The van der Waals surface area contributed by atoms with Gasteiger partial charge < -0.3 is 4.52 Å². The van der Waals surface area contributed by atoms with Crippen LogP contribution in [0.15, 0.2) is 51.3 Å². The molecule has 0 fully saturated rings. The Morgan fingerprint density at radius 1 is 1.26 bits per heavy atom. The lowest BCUT2D eigenvalue weighted by Crippen LogP contribution is -2.30. The number of benzene rings is 1. The molecule has 0 aliphatic heterocycles. The molecule has 23 heavy (non-hydrogen) atoms. The Labute approximate surface area is 137 Å². The SMILES string of the molecule is CCc1noc(CN(c2nccs2)S(=O)(=O)c2ccccc2)n1. The zero-order valence-corrected chi connectivity index (χ0v) is 13.9. The van der Waals surface area contributed by atoms with Gasteiger partial charge in [0, 0.05) is 18.0 Å². The van der Waals surface area contributed by atoms with E-state index in [9.17, 15) is 8.42 Å². The minimum Gasteiger partial charge on any atom is -0.337 e. The molecule has 3 aromatic rings. The highest BCUT2D eigenvalue weighted by molar-refractivity contribution is 7.93. The molecule has 2 aromatic heterocycles. The lowest BCUT2D eigenvalue weighted by Gasteiger charge is -2.19. The predicted octanol–water partition coefficient (Wildman–Crippen LogP) is 2.48. The molecule has 3 rings (SSSR count). The maximum absolute atomic E-state index is 12.9. The van der Waals surface area contributed by atoms with E-state index < -0.39 is 10.0 Å². The highest BCUT2D eigenvalue weighted by Gasteiger charge is 2.28. The number of nitrogens with zero attached hydrogens (tertiary/aromatic N) is 4. The Morgan fingerprint density at radius 3 is 2.65 bits per heavy atom. The average Bonchev–Trinajstić information content (AvgIpc) is 3.24. The van der Waals surface area contributed by atoms with Crippen molar-refractivity contribution in [3.63, 3.8) is 0 Å². The maximum atomic E-state index is 12.9. The summed E-state index contributed by atoms with van der Waals surface area (Å²) >= 11 is 1.23. The second-order valence-electron chi connectivity index (χ2n) is 4.60. The third-order valence-corrected chi connectivity index (χ3v) is 5.73. The lowest BCUT2D eigenvalue weighted by atomic mass is 10.4. The van der Waals surface area contributed by atoms with Crippen LogP contribution in [0.4, 0.5) is 5.13 Å². The summed E-state index contributed by atoms with van der Waals surface area (Å²) < 4.78 is 32.1. The minimum atomic E-state index is -3.77. The molecule has 0 saturated heterocycles.